The van der Waals surface area contributed by atoms with Crippen molar-refractivity contribution in [3.8, 4) is 0 Å². The van der Waals surface area contributed by atoms with Gasteiger partial charge in [-0.25, -0.2) is 4.98 Å². The smallest absolute Gasteiger partial charge is 0.423 e. The summed E-state index contributed by atoms with van der Waals surface area (Å²) < 4.78 is 0. The molecule has 0 saturated heterocycles. The molecule has 1 aliphatic heterocycles. The average Bonchev–Trinajstić information content (AvgIpc) is 2.84. The molecular formula is C9H11BN2O2. The van der Waals surface area contributed by atoms with Crippen LogP contribution in [-0.2, 0) is 5.41 Å². The van der Waals surface area contributed by atoms with E-state index in [-0.39, 0.29) is 5.41 Å². The van der Waals surface area contributed by atoms with Crippen LogP contribution in [0.2, 0.25) is 0 Å². The van der Waals surface area contributed by atoms with Crippen LogP contribution in [0.5, 0.6) is 0 Å². The van der Waals surface area contributed by atoms with Crippen LogP contribution in [-0.4, -0.2) is 28.7 Å². The number of aromatic nitrogens is 1. The highest BCUT2D eigenvalue weighted by Gasteiger charge is 2.51. The number of rotatable bonds is 1. The molecule has 1 aromatic rings. The fourth-order valence-corrected chi connectivity index (χ4v) is 2.30. The third-order valence-corrected chi connectivity index (χ3v) is 3.24. The number of anilines is 1. The minimum Gasteiger partial charge on any atom is -0.423 e. The van der Waals surface area contributed by atoms with E-state index in [1.807, 2.05) is 0 Å². The largest absolute Gasteiger partial charge is 0.488 e. The van der Waals surface area contributed by atoms with Gasteiger partial charge in [-0.15, -0.1) is 0 Å². The van der Waals surface area contributed by atoms with Crippen LogP contribution in [0.1, 0.15) is 18.4 Å². The third kappa shape index (κ3) is 0.937. The Balaban J connectivity index is 2.19. The summed E-state index contributed by atoms with van der Waals surface area (Å²) in [7, 11) is -1.39. The van der Waals surface area contributed by atoms with E-state index in [2.05, 4.69) is 10.3 Å². The molecule has 0 radical (unpaired) electrons. The first-order valence-corrected chi connectivity index (χ1v) is 4.82. The van der Waals surface area contributed by atoms with Crippen LogP contribution < -0.4 is 10.8 Å². The van der Waals surface area contributed by atoms with Crippen LogP contribution in [0.25, 0.3) is 0 Å². The molecule has 0 unspecified atom stereocenters. The highest BCUT2D eigenvalue weighted by atomic mass is 16.4. The highest BCUT2D eigenvalue weighted by Crippen LogP contribution is 2.52. The number of nitrogens with zero attached hydrogens (tertiary/aromatic N) is 1. The zero-order valence-corrected chi connectivity index (χ0v) is 7.70. The molecular weight excluding hydrogens is 179 g/mol. The Kier molecular flexibility index (Phi) is 1.47. The lowest BCUT2D eigenvalue weighted by Gasteiger charge is -2.11. The summed E-state index contributed by atoms with van der Waals surface area (Å²) in [4.78, 5) is 4.20. The van der Waals surface area contributed by atoms with Gasteiger partial charge in [0.05, 0.1) is 0 Å². The summed E-state index contributed by atoms with van der Waals surface area (Å²) in [5.74, 6) is 0.827. The molecule has 1 saturated carbocycles. The van der Waals surface area contributed by atoms with E-state index in [1.54, 1.807) is 12.3 Å². The molecule has 0 amide bonds. The van der Waals surface area contributed by atoms with E-state index >= 15 is 0 Å². The summed E-state index contributed by atoms with van der Waals surface area (Å²) in [5, 5.41) is 21.7. The Morgan fingerprint density at radius 2 is 2.21 bits per heavy atom. The van der Waals surface area contributed by atoms with Gasteiger partial charge in [0.25, 0.3) is 0 Å². The predicted molar refractivity (Wildman–Crippen MR) is 53.5 cm³/mol. The van der Waals surface area contributed by atoms with Crippen molar-refractivity contribution < 1.29 is 10.0 Å². The SMILES string of the molecule is OB(O)c1ccnc2c1C1(CC1)CN2. The minimum absolute atomic E-state index is 0.155. The lowest BCUT2D eigenvalue weighted by atomic mass is 9.74. The van der Waals surface area contributed by atoms with Crippen LogP contribution in [0.3, 0.4) is 0 Å². The number of fused-ring (bicyclic) bond motifs is 2. The summed E-state index contributed by atoms with van der Waals surface area (Å²) in [5.41, 5.74) is 1.79. The molecule has 2 heterocycles. The van der Waals surface area contributed by atoms with E-state index in [0.717, 1.165) is 30.8 Å². The molecule has 3 N–H and O–H groups in total. The van der Waals surface area contributed by atoms with E-state index in [9.17, 15) is 10.0 Å². The second kappa shape index (κ2) is 2.49. The molecule has 1 fully saturated rings. The van der Waals surface area contributed by atoms with Gasteiger partial charge in [-0.1, -0.05) is 0 Å². The van der Waals surface area contributed by atoms with Crippen LogP contribution >= 0.6 is 0 Å². The van der Waals surface area contributed by atoms with E-state index < -0.39 is 7.12 Å². The molecule has 1 aromatic heterocycles. The van der Waals surface area contributed by atoms with Gasteiger partial charge >= 0.3 is 7.12 Å². The first-order chi connectivity index (χ1) is 6.73. The minimum atomic E-state index is -1.39. The van der Waals surface area contributed by atoms with Crippen molar-refractivity contribution in [1.29, 1.82) is 0 Å². The van der Waals surface area contributed by atoms with Gasteiger partial charge in [-0.05, 0) is 24.4 Å². The number of hydrogen-bond donors (Lipinski definition) is 3. The lowest BCUT2D eigenvalue weighted by Crippen LogP contribution is -2.35. The molecule has 14 heavy (non-hydrogen) atoms. The Labute approximate surface area is 82.1 Å². The van der Waals surface area contributed by atoms with Crippen molar-refractivity contribution in [3.05, 3.63) is 17.8 Å². The summed E-state index contributed by atoms with van der Waals surface area (Å²) in [6, 6.07) is 1.69. The van der Waals surface area contributed by atoms with E-state index in [4.69, 9.17) is 0 Å². The fourth-order valence-electron chi connectivity index (χ4n) is 2.30. The van der Waals surface area contributed by atoms with Crippen LogP contribution in [0, 0.1) is 0 Å². The van der Waals surface area contributed by atoms with Crippen LogP contribution in [0.15, 0.2) is 12.3 Å². The molecule has 2 aliphatic rings. The Bertz CT molecular complexity index is 390. The molecule has 4 nitrogen and oxygen atoms in total. The van der Waals surface area contributed by atoms with Crippen molar-refractivity contribution in [2.75, 3.05) is 11.9 Å². The maximum Gasteiger partial charge on any atom is 0.488 e. The van der Waals surface area contributed by atoms with Crippen molar-refractivity contribution in [1.82, 2.24) is 4.98 Å². The Hall–Kier alpha value is -1.07. The molecule has 5 heteroatoms. The van der Waals surface area contributed by atoms with Gasteiger partial charge in [0, 0.05) is 23.7 Å². The van der Waals surface area contributed by atoms with Gasteiger partial charge in [0.15, 0.2) is 0 Å². The van der Waals surface area contributed by atoms with Crippen molar-refractivity contribution >= 4 is 18.4 Å². The van der Waals surface area contributed by atoms with Crippen molar-refractivity contribution in [2.24, 2.45) is 0 Å². The number of nitrogens with one attached hydrogen (secondary N) is 1. The molecule has 1 aliphatic carbocycles. The molecule has 0 atom stereocenters. The zero-order chi connectivity index (χ0) is 9.76. The topological polar surface area (TPSA) is 65.4 Å². The zero-order valence-electron chi connectivity index (χ0n) is 7.70. The van der Waals surface area contributed by atoms with Crippen molar-refractivity contribution in [3.63, 3.8) is 0 Å². The van der Waals surface area contributed by atoms with Gasteiger partial charge in [0.2, 0.25) is 0 Å². The van der Waals surface area contributed by atoms with Gasteiger partial charge in [-0.2, -0.15) is 0 Å². The van der Waals surface area contributed by atoms with Gasteiger partial charge in [-0.3, -0.25) is 0 Å². The average molecular weight is 190 g/mol. The molecule has 0 aromatic carbocycles. The van der Waals surface area contributed by atoms with E-state index in [0.29, 0.717) is 5.46 Å². The second-order valence-electron chi connectivity index (χ2n) is 4.13. The Morgan fingerprint density at radius 1 is 1.43 bits per heavy atom. The maximum absolute atomic E-state index is 9.25. The normalized spacial score (nSPS) is 20.4. The fraction of sp³-hybridized carbons (Fsp3) is 0.444. The number of pyridine rings is 1. The molecule has 0 bridgehead atoms. The summed E-state index contributed by atoms with van der Waals surface area (Å²) in [6.45, 7) is 0.888. The summed E-state index contributed by atoms with van der Waals surface area (Å²) >= 11 is 0. The molecule has 3 rings (SSSR count). The lowest BCUT2D eigenvalue weighted by molar-refractivity contribution is 0.425. The third-order valence-electron chi connectivity index (χ3n) is 3.24. The highest BCUT2D eigenvalue weighted by molar-refractivity contribution is 6.59. The van der Waals surface area contributed by atoms with Gasteiger partial charge in [0.1, 0.15) is 5.82 Å². The summed E-state index contributed by atoms with van der Waals surface area (Å²) in [6.07, 6.45) is 3.86. The standard InChI is InChI=1S/C9H11BN2O2/c13-10(14)6-1-4-11-8-7(6)9(2-3-9)5-12-8/h1,4,13-14H,2-3,5H2,(H,11,12). The Morgan fingerprint density at radius 3 is 2.86 bits per heavy atom. The monoisotopic (exact) mass is 190 g/mol. The van der Waals surface area contributed by atoms with E-state index in [1.165, 1.54) is 0 Å². The number of hydrogen-bond acceptors (Lipinski definition) is 4. The first-order valence-electron chi connectivity index (χ1n) is 4.82. The quantitative estimate of drug-likeness (QED) is 0.508. The second-order valence-corrected chi connectivity index (χ2v) is 4.13. The molecule has 1 spiro atoms. The van der Waals surface area contributed by atoms with Gasteiger partial charge < -0.3 is 15.4 Å². The molecule has 72 valence electrons. The maximum atomic E-state index is 9.25. The first kappa shape index (κ1) is 8.26. The predicted octanol–water partition coefficient (Wildman–Crippen LogP) is -0.782. The van der Waals surface area contributed by atoms with Crippen molar-refractivity contribution in [2.45, 2.75) is 18.3 Å². The van der Waals surface area contributed by atoms with Crippen LogP contribution in [0.4, 0.5) is 5.82 Å².